The van der Waals surface area contributed by atoms with Crippen LogP contribution in [-0.4, -0.2) is 28.2 Å². The minimum atomic E-state index is -2.96. The van der Waals surface area contributed by atoms with E-state index in [4.69, 9.17) is 0 Å². The van der Waals surface area contributed by atoms with E-state index >= 15 is 0 Å². The molecule has 10 heteroatoms. The van der Waals surface area contributed by atoms with Crippen molar-refractivity contribution in [2.45, 2.75) is 38.0 Å². The number of aromatic nitrogens is 2. The van der Waals surface area contributed by atoms with Gasteiger partial charge in [0.2, 0.25) is 5.91 Å². The van der Waals surface area contributed by atoms with E-state index in [9.17, 15) is 18.4 Å². The van der Waals surface area contributed by atoms with Crippen LogP contribution in [0.5, 0.6) is 5.75 Å². The number of nitrogens with one attached hydrogen (secondary N) is 2. The third kappa shape index (κ3) is 4.65. The number of alkyl halides is 2. The number of aromatic amines is 1. The molecule has 2 heterocycles. The molecule has 0 saturated carbocycles. The summed E-state index contributed by atoms with van der Waals surface area (Å²) < 4.78 is 29.3. The van der Waals surface area contributed by atoms with Crippen LogP contribution < -0.4 is 15.6 Å². The number of thioether (sulfide) groups is 1. The van der Waals surface area contributed by atoms with Gasteiger partial charge >= 0.3 is 6.61 Å². The van der Waals surface area contributed by atoms with Crippen LogP contribution in [-0.2, 0) is 23.4 Å². The highest BCUT2D eigenvalue weighted by Crippen LogP contribution is 2.34. The lowest BCUT2D eigenvalue weighted by Gasteiger charge is -2.11. The molecule has 3 aromatic rings. The molecule has 0 saturated heterocycles. The minimum absolute atomic E-state index is 0.0774. The zero-order valence-corrected chi connectivity index (χ0v) is 17.5. The van der Waals surface area contributed by atoms with Crippen LogP contribution in [0.1, 0.15) is 29.1 Å². The van der Waals surface area contributed by atoms with Crippen molar-refractivity contribution >= 4 is 44.9 Å². The van der Waals surface area contributed by atoms with Crippen molar-refractivity contribution in [3.8, 4) is 5.75 Å². The molecule has 158 valence electrons. The van der Waals surface area contributed by atoms with Gasteiger partial charge in [-0.25, -0.2) is 4.98 Å². The Labute approximate surface area is 179 Å². The Kier molecular flexibility index (Phi) is 6.33. The molecular formula is C20H19F2N3O3S2. The largest absolute Gasteiger partial charge is 0.433 e. The topological polar surface area (TPSA) is 84.1 Å². The molecule has 0 atom stereocenters. The fraction of sp³-hybridized carbons (Fsp3) is 0.350. The van der Waals surface area contributed by atoms with E-state index in [2.05, 4.69) is 20.0 Å². The molecule has 0 bridgehead atoms. The molecule has 1 aliphatic rings. The highest BCUT2D eigenvalue weighted by Gasteiger charge is 2.21. The molecule has 4 rings (SSSR count). The first-order valence-electron chi connectivity index (χ1n) is 9.46. The van der Waals surface area contributed by atoms with Crippen molar-refractivity contribution in [3.63, 3.8) is 0 Å². The van der Waals surface area contributed by atoms with Gasteiger partial charge in [0.15, 0.2) is 0 Å². The fourth-order valence-electron chi connectivity index (χ4n) is 3.43. The Hall–Kier alpha value is -2.46. The van der Waals surface area contributed by atoms with Crippen LogP contribution >= 0.6 is 23.1 Å². The number of thiophene rings is 1. The third-order valence-electron chi connectivity index (χ3n) is 4.71. The molecule has 1 amide bonds. The van der Waals surface area contributed by atoms with Crippen LogP contribution in [0.15, 0.2) is 29.1 Å². The Morgan fingerprint density at radius 3 is 3.00 bits per heavy atom. The van der Waals surface area contributed by atoms with E-state index in [-0.39, 0.29) is 29.3 Å². The SMILES string of the molecule is O=C(CCSCc1nc2sc3c(c2c(=O)[nH]1)CCC3)Nc1ccccc1OC(F)F. The summed E-state index contributed by atoms with van der Waals surface area (Å²) in [5.41, 5.74) is 1.26. The van der Waals surface area contributed by atoms with Gasteiger partial charge in [0.1, 0.15) is 16.4 Å². The number of carbonyl (C=O) groups is 1. The zero-order valence-electron chi connectivity index (χ0n) is 15.9. The van der Waals surface area contributed by atoms with E-state index in [1.807, 2.05) is 0 Å². The summed E-state index contributed by atoms with van der Waals surface area (Å²) >= 11 is 3.06. The standard InChI is InChI=1S/C20H19F2N3O3S2/c21-20(22)28-13-6-2-1-5-12(13)23-16(26)8-9-29-10-15-24-18(27)17-11-4-3-7-14(11)30-19(17)25-15/h1-2,5-6,20H,3-4,7-10H2,(H,23,26)(H,24,25,27). The summed E-state index contributed by atoms with van der Waals surface area (Å²) in [7, 11) is 0. The number of fused-ring (bicyclic) bond motifs is 3. The van der Waals surface area contributed by atoms with Gasteiger partial charge in [0.25, 0.3) is 5.56 Å². The van der Waals surface area contributed by atoms with Crippen LogP contribution in [0.2, 0.25) is 0 Å². The highest BCUT2D eigenvalue weighted by molar-refractivity contribution is 7.98. The van der Waals surface area contributed by atoms with Gasteiger partial charge in [0, 0.05) is 17.1 Å². The number of H-pyrrole nitrogens is 1. The predicted molar refractivity (Wildman–Crippen MR) is 115 cm³/mol. The number of ether oxygens (including phenoxy) is 1. The van der Waals surface area contributed by atoms with Gasteiger partial charge in [-0.3, -0.25) is 9.59 Å². The van der Waals surface area contributed by atoms with Gasteiger partial charge in [-0.1, -0.05) is 12.1 Å². The molecule has 30 heavy (non-hydrogen) atoms. The van der Waals surface area contributed by atoms with Crippen molar-refractivity contribution in [2.24, 2.45) is 0 Å². The summed E-state index contributed by atoms with van der Waals surface area (Å²) in [5, 5.41) is 3.31. The lowest BCUT2D eigenvalue weighted by molar-refractivity contribution is -0.115. The first-order valence-corrected chi connectivity index (χ1v) is 11.4. The zero-order chi connectivity index (χ0) is 21.1. The number of hydrogen-bond acceptors (Lipinski definition) is 6. The number of amides is 1. The van der Waals surface area contributed by atoms with Gasteiger partial charge in [-0.15, -0.1) is 11.3 Å². The van der Waals surface area contributed by atoms with Gasteiger partial charge in [-0.05, 0) is 37.0 Å². The van der Waals surface area contributed by atoms with Gasteiger partial charge < -0.3 is 15.0 Å². The van der Waals surface area contributed by atoms with Crippen molar-refractivity contribution in [1.82, 2.24) is 9.97 Å². The molecular weight excluding hydrogens is 432 g/mol. The second-order valence-electron chi connectivity index (χ2n) is 6.78. The summed E-state index contributed by atoms with van der Waals surface area (Å²) in [6.07, 6.45) is 3.23. The minimum Gasteiger partial charge on any atom is -0.433 e. The number of aryl methyl sites for hydroxylation is 2. The number of benzene rings is 1. The van der Waals surface area contributed by atoms with Crippen LogP contribution in [0.3, 0.4) is 0 Å². The number of para-hydroxylation sites is 2. The number of anilines is 1. The second-order valence-corrected chi connectivity index (χ2v) is 8.96. The first-order chi connectivity index (χ1) is 14.5. The lowest BCUT2D eigenvalue weighted by atomic mass is 10.2. The quantitative estimate of drug-likeness (QED) is 0.498. The molecule has 1 aliphatic carbocycles. The van der Waals surface area contributed by atoms with Crippen LogP contribution in [0.4, 0.5) is 14.5 Å². The Bertz CT molecular complexity index is 1130. The van der Waals surface area contributed by atoms with Gasteiger partial charge in [-0.2, -0.15) is 20.5 Å². The number of carbonyl (C=O) groups excluding carboxylic acids is 1. The van der Waals surface area contributed by atoms with Crippen molar-refractivity contribution in [3.05, 3.63) is 50.9 Å². The van der Waals surface area contributed by atoms with Crippen LogP contribution in [0, 0.1) is 0 Å². The molecule has 0 spiro atoms. The third-order valence-corrected chi connectivity index (χ3v) is 6.87. The Morgan fingerprint density at radius 2 is 2.17 bits per heavy atom. The predicted octanol–water partition coefficient (Wildman–Crippen LogP) is 4.34. The van der Waals surface area contributed by atoms with E-state index in [1.54, 1.807) is 23.5 Å². The Morgan fingerprint density at radius 1 is 1.33 bits per heavy atom. The maximum absolute atomic E-state index is 12.5. The average Bonchev–Trinajstić information content (AvgIpc) is 3.27. The summed E-state index contributed by atoms with van der Waals surface area (Å²) in [5.74, 6) is 1.18. The smallest absolute Gasteiger partial charge is 0.387 e. The van der Waals surface area contributed by atoms with Crippen molar-refractivity contribution < 1.29 is 18.3 Å². The molecule has 1 aromatic carbocycles. The second kappa shape index (κ2) is 9.13. The van der Waals surface area contributed by atoms with E-state index in [0.29, 0.717) is 17.3 Å². The van der Waals surface area contributed by atoms with E-state index < -0.39 is 6.61 Å². The molecule has 2 N–H and O–H groups in total. The molecule has 0 radical (unpaired) electrons. The molecule has 0 unspecified atom stereocenters. The number of rotatable bonds is 8. The number of hydrogen-bond donors (Lipinski definition) is 2. The van der Waals surface area contributed by atoms with Crippen LogP contribution in [0.25, 0.3) is 10.2 Å². The molecule has 2 aromatic heterocycles. The average molecular weight is 452 g/mol. The van der Waals surface area contributed by atoms with E-state index in [1.165, 1.54) is 28.8 Å². The van der Waals surface area contributed by atoms with E-state index in [0.717, 1.165) is 35.0 Å². The monoisotopic (exact) mass is 451 g/mol. The highest BCUT2D eigenvalue weighted by atomic mass is 32.2. The van der Waals surface area contributed by atoms with Gasteiger partial charge in [0.05, 0.1) is 16.8 Å². The first kappa shape index (κ1) is 20.8. The number of halogens is 2. The summed E-state index contributed by atoms with van der Waals surface area (Å²) in [6.45, 7) is -2.96. The number of nitrogens with zero attached hydrogens (tertiary/aromatic N) is 1. The molecule has 6 nitrogen and oxygen atoms in total. The maximum Gasteiger partial charge on any atom is 0.387 e. The van der Waals surface area contributed by atoms with Crippen molar-refractivity contribution in [1.29, 1.82) is 0 Å². The Balaban J connectivity index is 1.30. The normalized spacial score (nSPS) is 13.0. The fourth-order valence-corrected chi connectivity index (χ4v) is 5.52. The van der Waals surface area contributed by atoms with Crippen molar-refractivity contribution in [2.75, 3.05) is 11.1 Å². The maximum atomic E-state index is 12.5. The summed E-state index contributed by atoms with van der Waals surface area (Å²) in [6, 6.07) is 6.05. The molecule has 0 aliphatic heterocycles. The molecule has 0 fully saturated rings. The lowest BCUT2D eigenvalue weighted by Crippen LogP contribution is -2.14. The summed E-state index contributed by atoms with van der Waals surface area (Å²) in [4.78, 5) is 34.1.